The van der Waals surface area contributed by atoms with E-state index >= 15 is 0 Å². The van der Waals surface area contributed by atoms with Crippen molar-refractivity contribution in [3.05, 3.63) is 12.4 Å². The first-order chi connectivity index (χ1) is 4.50. The molecule has 0 spiro atoms. The van der Waals surface area contributed by atoms with Crippen molar-refractivity contribution in [1.29, 1.82) is 0 Å². The summed E-state index contributed by atoms with van der Waals surface area (Å²) in [6, 6.07) is 0. The molecule has 1 rings (SSSR count). The number of rotatable bonds is 0. The molecule has 1 heterocycles. The maximum atomic E-state index is 7.10. The van der Waals surface area contributed by atoms with Crippen LogP contribution in [0.2, 0.25) is 0 Å². The molecular formula is C6H11N3. The third-order valence-corrected chi connectivity index (χ3v) is 1.07. The zero-order valence-corrected chi connectivity index (χ0v) is 5.92. The Kier molecular flexibility index (Phi) is 1.01. The van der Waals surface area contributed by atoms with Gasteiger partial charge in [0.15, 0.2) is 0 Å². The number of hydrogen-bond acceptors (Lipinski definition) is 2. The topological polar surface area (TPSA) is 30.7 Å². The molecule has 0 radical (unpaired) electrons. The molecule has 1 aromatic rings. The first-order valence-corrected chi connectivity index (χ1v) is 2.89. The number of aromatic nitrogens is 3. The van der Waals surface area contributed by atoms with Crippen molar-refractivity contribution in [3.8, 4) is 0 Å². The monoisotopic (exact) mass is 126 g/mol. The van der Waals surface area contributed by atoms with Gasteiger partial charge in [-0.2, -0.15) is 0 Å². The molecule has 0 atom stereocenters. The fraction of sp³-hybridized carbons (Fsp3) is 0.667. The Bertz CT molecular complexity index is 223. The summed E-state index contributed by atoms with van der Waals surface area (Å²) in [6.45, 7) is 6.04. The Balaban J connectivity index is 2.96. The summed E-state index contributed by atoms with van der Waals surface area (Å²) in [5, 5.41) is 7.33. The summed E-state index contributed by atoms with van der Waals surface area (Å²) < 4.78 is 8.78. The lowest BCUT2D eigenvalue weighted by atomic mass is 10.1. The van der Waals surface area contributed by atoms with Crippen molar-refractivity contribution in [2.45, 2.75) is 26.3 Å². The van der Waals surface area contributed by atoms with E-state index in [9.17, 15) is 0 Å². The van der Waals surface area contributed by atoms with E-state index in [4.69, 9.17) is 1.37 Å². The van der Waals surface area contributed by atoms with Gasteiger partial charge in [-0.3, -0.25) is 0 Å². The highest BCUT2D eigenvalue weighted by molar-refractivity contribution is 4.74. The quantitative estimate of drug-likeness (QED) is 0.520. The molecule has 0 bridgehead atoms. The van der Waals surface area contributed by atoms with Crippen molar-refractivity contribution in [2.24, 2.45) is 0 Å². The molecule has 0 N–H and O–H groups in total. The predicted molar refractivity (Wildman–Crippen MR) is 35.0 cm³/mol. The van der Waals surface area contributed by atoms with Crippen LogP contribution in [0.25, 0.3) is 0 Å². The van der Waals surface area contributed by atoms with Crippen LogP contribution < -0.4 is 0 Å². The molecule has 1 aromatic heterocycles. The van der Waals surface area contributed by atoms with Crippen LogP contribution in [0, 0.1) is 0 Å². The van der Waals surface area contributed by atoms with E-state index in [1.807, 2.05) is 20.8 Å². The fourth-order valence-electron chi connectivity index (χ4n) is 0.508. The summed E-state index contributed by atoms with van der Waals surface area (Å²) in [4.78, 5) is 0. The Morgan fingerprint density at radius 2 is 2.22 bits per heavy atom. The number of nitrogens with zero attached hydrogens (tertiary/aromatic N) is 3. The maximum absolute atomic E-state index is 7.10. The highest BCUT2D eigenvalue weighted by Gasteiger charge is 2.11. The first-order valence-electron chi connectivity index (χ1n) is 3.39. The molecule has 50 valence electrons. The van der Waals surface area contributed by atoms with Crippen molar-refractivity contribution in [2.75, 3.05) is 0 Å². The third-order valence-electron chi connectivity index (χ3n) is 1.07. The highest BCUT2D eigenvalue weighted by Crippen LogP contribution is 2.09. The Hall–Kier alpha value is -0.860. The van der Waals surface area contributed by atoms with Gasteiger partial charge in [0, 0.05) is 6.20 Å². The van der Waals surface area contributed by atoms with Gasteiger partial charge in [0.1, 0.15) is 0 Å². The molecule has 9 heavy (non-hydrogen) atoms. The van der Waals surface area contributed by atoms with E-state index in [1.165, 1.54) is 0 Å². The largest absolute Gasteiger partial charge is 0.247 e. The van der Waals surface area contributed by atoms with Gasteiger partial charge in [0.05, 0.1) is 13.1 Å². The van der Waals surface area contributed by atoms with Crippen molar-refractivity contribution in [1.82, 2.24) is 15.0 Å². The minimum absolute atomic E-state index is 0.0632. The van der Waals surface area contributed by atoms with Crippen LogP contribution in [-0.2, 0) is 5.54 Å². The molecule has 0 saturated heterocycles. The smallest absolute Gasteiger partial charge is 0.0877 e. The molecule has 0 unspecified atom stereocenters. The standard InChI is InChI=1S/C6H11N3/c1-6(2,3)9-5-4-7-8-9/h4-5H,1-3H3/i4D. The average molecular weight is 126 g/mol. The van der Waals surface area contributed by atoms with Crippen LogP contribution in [-0.4, -0.2) is 15.0 Å². The van der Waals surface area contributed by atoms with E-state index < -0.39 is 0 Å². The van der Waals surface area contributed by atoms with Gasteiger partial charge in [-0.05, 0) is 20.8 Å². The predicted octanol–water partition coefficient (Wildman–Crippen LogP) is 1.03. The van der Waals surface area contributed by atoms with Crippen LogP contribution in [0.3, 0.4) is 0 Å². The van der Waals surface area contributed by atoms with Gasteiger partial charge in [-0.15, -0.1) is 5.10 Å². The molecule has 0 fully saturated rings. The molecule has 0 aliphatic carbocycles. The molecule has 0 amide bonds. The van der Waals surface area contributed by atoms with E-state index in [0.717, 1.165) is 0 Å². The summed E-state index contributed by atoms with van der Waals surface area (Å²) in [7, 11) is 0. The Morgan fingerprint density at radius 3 is 2.44 bits per heavy atom. The van der Waals surface area contributed by atoms with Crippen molar-refractivity contribution >= 4 is 0 Å². The van der Waals surface area contributed by atoms with Crippen LogP contribution in [0.5, 0.6) is 0 Å². The van der Waals surface area contributed by atoms with Gasteiger partial charge in [0.2, 0.25) is 0 Å². The van der Waals surface area contributed by atoms with Crippen LogP contribution >= 0.6 is 0 Å². The molecule has 3 nitrogen and oxygen atoms in total. The summed E-state index contributed by atoms with van der Waals surface area (Å²) in [5.41, 5.74) is -0.0632. The lowest BCUT2D eigenvalue weighted by molar-refractivity contribution is 0.347. The van der Waals surface area contributed by atoms with Crippen LogP contribution in [0.15, 0.2) is 12.4 Å². The lowest BCUT2D eigenvalue weighted by Gasteiger charge is -2.17. The molecule has 0 aliphatic heterocycles. The van der Waals surface area contributed by atoms with Gasteiger partial charge >= 0.3 is 0 Å². The van der Waals surface area contributed by atoms with Gasteiger partial charge < -0.3 is 0 Å². The SMILES string of the molecule is [2H]c1cn(C(C)(C)C)nn1. The summed E-state index contributed by atoms with van der Waals surface area (Å²) in [5.74, 6) is 0. The minimum atomic E-state index is -0.0632. The average Bonchev–Trinajstić information content (AvgIpc) is 2.11. The van der Waals surface area contributed by atoms with Gasteiger partial charge in [0.25, 0.3) is 0 Å². The summed E-state index contributed by atoms with van der Waals surface area (Å²) in [6.07, 6.45) is 1.83. The van der Waals surface area contributed by atoms with Crippen LogP contribution in [0.4, 0.5) is 0 Å². The second kappa shape index (κ2) is 1.83. The van der Waals surface area contributed by atoms with Gasteiger partial charge in [-0.25, -0.2) is 4.68 Å². The second-order valence-electron chi connectivity index (χ2n) is 2.96. The van der Waals surface area contributed by atoms with E-state index in [2.05, 4.69) is 10.3 Å². The van der Waals surface area contributed by atoms with E-state index in [-0.39, 0.29) is 11.7 Å². The molecule has 0 aliphatic rings. The zero-order chi connectivity index (χ0) is 7.78. The molecule has 3 heteroatoms. The first kappa shape index (κ1) is 4.97. The van der Waals surface area contributed by atoms with Crippen LogP contribution in [0.1, 0.15) is 22.1 Å². The second-order valence-corrected chi connectivity index (χ2v) is 2.96. The maximum Gasteiger partial charge on any atom is 0.0877 e. The Morgan fingerprint density at radius 1 is 1.56 bits per heavy atom. The van der Waals surface area contributed by atoms with Crippen molar-refractivity contribution < 1.29 is 1.37 Å². The van der Waals surface area contributed by atoms with Crippen molar-refractivity contribution in [3.63, 3.8) is 0 Å². The number of hydrogen-bond donors (Lipinski definition) is 0. The van der Waals surface area contributed by atoms with Gasteiger partial charge in [-0.1, -0.05) is 5.21 Å². The third kappa shape index (κ3) is 1.28. The van der Waals surface area contributed by atoms with E-state index in [0.29, 0.717) is 0 Å². The zero-order valence-electron chi connectivity index (χ0n) is 6.92. The molecule has 0 aromatic carbocycles. The molecular weight excluding hydrogens is 114 g/mol. The summed E-state index contributed by atoms with van der Waals surface area (Å²) >= 11 is 0. The minimum Gasteiger partial charge on any atom is -0.247 e. The lowest BCUT2D eigenvalue weighted by Crippen LogP contribution is -2.22. The fourth-order valence-corrected chi connectivity index (χ4v) is 0.508. The molecule has 0 saturated carbocycles. The van der Waals surface area contributed by atoms with E-state index in [1.54, 1.807) is 10.9 Å². The normalized spacial score (nSPS) is 13.4. The highest BCUT2D eigenvalue weighted by atomic mass is 15.4. The Labute approximate surface area is 56.1 Å².